The van der Waals surface area contributed by atoms with Crippen LogP contribution in [0.3, 0.4) is 0 Å². The molecule has 0 unspecified atom stereocenters. The molecule has 1 aromatic rings. The largest absolute Gasteiger partial charge is 0.486 e. The molecule has 1 aliphatic rings. The average Bonchev–Trinajstić information content (AvgIpc) is 2.27. The molecule has 16 heavy (non-hydrogen) atoms. The number of fused-ring (bicyclic) bond motifs is 1. The fourth-order valence-corrected chi connectivity index (χ4v) is 1.56. The first-order chi connectivity index (χ1) is 7.59. The quantitative estimate of drug-likeness (QED) is 0.730. The lowest BCUT2D eigenvalue weighted by atomic mass is 10.1. The maximum atomic E-state index is 12.6. The van der Waals surface area contributed by atoms with Gasteiger partial charge in [0.2, 0.25) is 0 Å². The topological polar surface area (TPSA) is 35.5 Å². The van der Waals surface area contributed by atoms with E-state index in [1.807, 2.05) is 0 Å². The van der Waals surface area contributed by atoms with E-state index in [1.54, 1.807) is 0 Å². The van der Waals surface area contributed by atoms with Crippen LogP contribution in [0.25, 0.3) is 0 Å². The van der Waals surface area contributed by atoms with Crippen molar-refractivity contribution in [3.05, 3.63) is 23.3 Å². The van der Waals surface area contributed by atoms with Crippen LogP contribution in [0.2, 0.25) is 0 Å². The first-order valence-corrected chi connectivity index (χ1v) is 4.82. The SMILES string of the molecule is CC(=O)c1cc(C(F)F)cc2c1OCCO2. The lowest BCUT2D eigenvalue weighted by Crippen LogP contribution is -2.17. The molecular weight excluding hydrogens is 218 g/mol. The van der Waals surface area contributed by atoms with Crippen LogP contribution in [0.1, 0.15) is 29.3 Å². The van der Waals surface area contributed by atoms with E-state index in [-0.39, 0.29) is 28.4 Å². The second-order valence-electron chi connectivity index (χ2n) is 3.45. The predicted molar refractivity (Wildman–Crippen MR) is 52.4 cm³/mol. The Bertz CT molecular complexity index is 429. The highest BCUT2D eigenvalue weighted by atomic mass is 19.3. The van der Waals surface area contributed by atoms with Crippen LogP contribution >= 0.6 is 0 Å². The first-order valence-electron chi connectivity index (χ1n) is 4.82. The first kappa shape index (κ1) is 10.9. The van der Waals surface area contributed by atoms with Crippen molar-refractivity contribution in [3.8, 4) is 11.5 Å². The summed E-state index contributed by atoms with van der Waals surface area (Å²) in [5.74, 6) is 0.168. The number of carbonyl (C=O) groups excluding carboxylic acids is 1. The van der Waals surface area contributed by atoms with Crippen molar-refractivity contribution in [2.45, 2.75) is 13.3 Å². The number of carbonyl (C=O) groups is 1. The Labute approximate surface area is 91.0 Å². The average molecular weight is 228 g/mol. The van der Waals surface area contributed by atoms with E-state index < -0.39 is 6.43 Å². The van der Waals surface area contributed by atoms with Gasteiger partial charge in [0.15, 0.2) is 17.3 Å². The van der Waals surface area contributed by atoms with E-state index >= 15 is 0 Å². The molecular formula is C11H10F2O3. The molecule has 2 rings (SSSR count). The third kappa shape index (κ3) is 1.85. The van der Waals surface area contributed by atoms with E-state index in [0.29, 0.717) is 13.2 Å². The molecule has 0 saturated heterocycles. The molecule has 0 radical (unpaired) electrons. The number of ketones is 1. The summed E-state index contributed by atoms with van der Waals surface area (Å²) < 4.78 is 35.6. The number of ether oxygens (including phenoxy) is 2. The molecule has 0 atom stereocenters. The molecule has 0 spiro atoms. The lowest BCUT2D eigenvalue weighted by molar-refractivity contribution is 0.100. The zero-order valence-corrected chi connectivity index (χ0v) is 8.63. The number of hydrogen-bond acceptors (Lipinski definition) is 3. The Balaban J connectivity index is 2.56. The van der Waals surface area contributed by atoms with Crippen LogP contribution in [0.5, 0.6) is 11.5 Å². The van der Waals surface area contributed by atoms with Crippen LogP contribution < -0.4 is 9.47 Å². The van der Waals surface area contributed by atoms with E-state index in [9.17, 15) is 13.6 Å². The molecule has 3 nitrogen and oxygen atoms in total. The summed E-state index contributed by atoms with van der Waals surface area (Å²) in [5.41, 5.74) is -0.0815. The number of hydrogen-bond donors (Lipinski definition) is 0. The van der Waals surface area contributed by atoms with Gasteiger partial charge in [-0.15, -0.1) is 0 Å². The summed E-state index contributed by atoms with van der Waals surface area (Å²) in [5, 5.41) is 0. The summed E-state index contributed by atoms with van der Waals surface area (Å²) in [7, 11) is 0. The predicted octanol–water partition coefficient (Wildman–Crippen LogP) is 2.60. The molecule has 5 heteroatoms. The zero-order valence-electron chi connectivity index (χ0n) is 8.63. The molecule has 1 aliphatic heterocycles. The molecule has 0 saturated carbocycles. The smallest absolute Gasteiger partial charge is 0.264 e. The fourth-order valence-electron chi connectivity index (χ4n) is 1.56. The zero-order chi connectivity index (χ0) is 11.7. The Kier molecular flexibility index (Phi) is 2.77. The number of Topliss-reactive ketones (excluding diaryl/α,β-unsaturated/α-hetero) is 1. The highest BCUT2D eigenvalue weighted by Crippen LogP contribution is 2.37. The third-order valence-electron chi connectivity index (χ3n) is 2.30. The van der Waals surface area contributed by atoms with Gasteiger partial charge in [0, 0.05) is 5.56 Å². The van der Waals surface area contributed by atoms with Crippen molar-refractivity contribution in [1.29, 1.82) is 0 Å². The second-order valence-corrected chi connectivity index (χ2v) is 3.45. The van der Waals surface area contributed by atoms with Gasteiger partial charge < -0.3 is 9.47 Å². The van der Waals surface area contributed by atoms with Crippen molar-refractivity contribution < 1.29 is 23.0 Å². The minimum atomic E-state index is -2.63. The molecule has 0 bridgehead atoms. The number of benzene rings is 1. The van der Waals surface area contributed by atoms with Crippen LogP contribution in [0.15, 0.2) is 12.1 Å². The van der Waals surface area contributed by atoms with Gasteiger partial charge in [-0.3, -0.25) is 4.79 Å². The van der Waals surface area contributed by atoms with Crippen LogP contribution in [-0.4, -0.2) is 19.0 Å². The molecule has 0 amide bonds. The highest BCUT2D eigenvalue weighted by molar-refractivity contribution is 5.98. The van der Waals surface area contributed by atoms with Gasteiger partial charge in [-0.1, -0.05) is 0 Å². The molecule has 0 fully saturated rings. The maximum absolute atomic E-state index is 12.6. The van der Waals surface area contributed by atoms with Crippen LogP contribution in [0.4, 0.5) is 8.78 Å². The van der Waals surface area contributed by atoms with E-state index in [2.05, 4.69) is 0 Å². The summed E-state index contributed by atoms with van der Waals surface area (Å²) in [6.45, 7) is 1.93. The van der Waals surface area contributed by atoms with E-state index in [4.69, 9.17) is 9.47 Å². The third-order valence-corrected chi connectivity index (χ3v) is 2.30. The summed E-state index contributed by atoms with van der Waals surface area (Å²) in [6, 6.07) is 2.37. The second kappa shape index (κ2) is 4.08. The van der Waals surface area contributed by atoms with Crippen molar-refractivity contribution in [1.82, 2.24) is 0 Å². The van der Waals surface area contributed by atoms with Crippen molar-refractivity contribution >= 4 is 5.78 Å². The van der Waals surface area contributed by atoms with Gasteiger partial charge in [-0.2, -0.15) is 0 Å². The molecule has 0 aromatic heterocycles. The van der Waals surface area contributed by atoms with Gasteiger partial charge in [-0.05, 0) is 19.1 Å². The number of alkyl halides is 2. The van der Waals surface area contributed by atoms with Gasteiger partial charge >= 0.3 is 0 Å². The highest BCUT2D eigenvalue weighted by Gasteiger charge is 2.22. The van der Waals surface area contributed by atoms with Crippen molar-refractivity contribution in [3.63, 3.8) is 0 Å². The number of halogens is 2. The molecule has 0 aliphatic carbocycles. The van der Waals surface area contributed by atoms with Crippen LogP contribution in [0, 0.1) is 0 Å². The molecule has 1 heterocycles. The Hall–Kier alpha value is -1.65. The Morgan fingerprint density at radius 1 is 1.31 bits per heavy atom. The maximum Gasteiger partial charge on any atom is 0.264 e. The molecule has 86 valence electrons. The summed E-state index contributed by atoms with van der Waals surface area (Å²) in [4.78, 5) is 11.3. The molecule has 0 N–H and O–H groups in total. The summed E-state index contributed by atoms with van der Waals surface area (Å²) in [6.07, 6.45) is -2.63. The normalized spacial score (nSPS) is 14.0. The monoisotopic (exact) mass is 228 g/mol. The van der Waals surface area contributed by atoms with Gasteiger partial charge in [-0.25, -0.2) is 8.78 Å². The van der Waals surface area contributed by atoms with E-state index in [0.717, 1.165) is 6.07 Å². The standard InChI is InChI=1S/C11H10F2O3/c1-6(14)8-4-7(11(12)13)5-9-10(8)16-3-2-15-9/h4-5,11H,2-3H2,1H3. The van der Waals surface area contributed by atoms with Crippen LogP contribution in [-0.2, 0) is 0 Å². The lowest BCUT2D eigenvalue weighted by Gasteiger charge is -2.21. The van der Waals surface area contributed by atoms with Crippen molar-refractivity contribution in [2.75, 3.05) is 13.2 Å². The minimum Gasteiger partial charge on any atom is -0.486 e. The fraction of sp³-hybridized carbons (Fsp3) is 0.364. The Morgan fingerprint density at radius 3 is 2.62 bits per heavy atom. The van der Waals surface area contributed by atoms with Gasteiger partial charge in [0.05, 0.1) is 5.56 Å². The summed E-state index contributed by atoms with van der Waals surface area (Å²) >= 11 is 0. The Morgan fingerprint density at radius 2 is 2.00 bits per heavy atom. The van der Waals surface area contributed by atoms with E-state index in [1.165, 1.54) is 13.0 Å². The molecule has 1 aromatic carbocycles. The minimum absolute atomic E-state index is 0.146. The van der Waals surface area contributed by atoms with Gasteiger partial charge in [0.1, 0.15) is 13.2 Å². The van der Waals surface area contributed by atoms with Crippen molar-refractivity contribution in [2.24, 2.45) is 0 Å². The number of rotatable bonds is 2. The van der Waals surface area contributed by atoms with Gasteiger partial charge in [0.25, 0.3) is 6.43 Å².